The Morgan fingerprint density at radius 3 is 2.29 bits per heavy atom. The average Bonchev–Trinajstić information content (AvgIpc) is 3.08. The van der Waals surface area contributed by atoms with Gasteiger partial charge in [0.1, 0.15) is 0 Å². The van der Waals surface area contributed by atoms with Gasteiger partial charge in [0, 0.05) is 24.5 Å². The summed E-state index contributed by atoms with van der Waals surface area (Å²) < 4.78 is 7.39. The molecule has 0 atom stereocenters. The predicted octanol–water partition coefficient (Wildman–Crippen LogP) is 4.44. The van der Waals surface area contributed by atoms with E-state index < -0.39 is 5.97 Å². The number of halogens is 1. The first kappa shape index (κ1) is 24.4. The van der Waals surface area contributed by atoms with Gasteiger partial charge in [0.05, 0.1) is 5.52 Å². The number of benzene rings is 2. The van der Waals surface area contributed by atoms with Gasteiger partial charge in [-0.15, -0.1) is 12.4 Å². The summed E-state index contributed by atoms with van der Waals surface area (Å²) in [5.74, 6) is -0.421. The molecule has 0 unspecified atom stereocenters. The first-order valence-electron chi connectivity index (χ1n) is 10.4. The van der Waals surface area contributed by atoms with E-state index in [9.17, 15) is 9.59 Å². The molecule has 0 saturated heterocycles. The minimum atomic E-state index is -0.457. The zero-order chi connectivity index (χ0) is 21.5. The molecule has 0 aliphatic rings. The van der Waals surface area contributed by atoms with E-state index in [0.717, 1.165) is 42.6 Å². The predicted molar refractivity (Wildman–Crippen MR) is 127 cm³/mol. The Labute approximate surface area is 189 Å². The van der Waals surface area contributed by atoms with E-state index in [1.165, 1.54) is 6.92 Å². The molecule has 3 rings (SSSR count). The van der Waals surface area contributed by atoms with Crippen molar-refractivity contribution in [1.82, 2.24) is 14.8 Å². The summed E-state index contributed by atoms with van der Waals surface area (Å²) in [7, 11) is 0. The van der Waals surface area contributed by atoms with Crippen LogP contribution in [0.2, 0.25) is 0 Å². The van der Waals surface area contributed by atoms with Gasteiger partial charge in [0.25, 0.3) is 5.91 Å². The Balaban J connectivity index is 0.00000341. The summed E-state index contributed by atoms with van der Waals surface area (Å²) in [5, 5.41) is 3.74. The summed E-state index contributed by atoms with van der Waals surface area (Å²) in [6, 6.07) is 17.2. The SMILES string of the molecule is CCN(CC)CCCNC(=O)c1c(OC(C)=O)c2ccccc2n1-c1ccccc1.Cl. The van der Waals surface area contributed by atoms with Crippen molar-refractivity contribution < 1.29 is 14.3 Å². The summed E-state index contributed by atoms with van der Waals surface area (Å²) in [6.45, 7) is 9.06. The molecule has 1 aromatic heterocycles. The van der Waals surface area contributed by atoms with Gasteiger partial charge in [-0.2, -0.15) is 0 Å². The molecule has 0 fully saturated rings. The van der Waals surface area contributed by atoms with E-state index in [-0.39, 0.29) is 18.3 Å². The highest BCUT2D eigenvalue weighted by Crippen LogP contribution is 2.35. The molecule has 0 bridgehead atoms. The molecule has 0 saturated carbocycles. The number of amides is 1. The van der Waals surface area contributed by atoms with Crippen molar-refractivity contribution in [3.8, 4) is 11.4 Å². The Morgan fingerprint density at radius 1 is 1.00 bits per heavy atom. The number of fused-ring (bicyclic) bond motifs is 1. The lowest BCUT2D eigenvalue weighted by Gasteiger charge is -2.18. The minimum Gasteiger partial charge on any atom is -0.424 e. The van der Waals surface area contributed by atoms with Crippen molar-refractivity contribution >= 4 is 35.2 Å². The molecule has 7 heteroatoms. The molecule has 31 heavy (non-hydrogen) atoms. The molecule has 1 N–H and O–H groups in total. The third-order valence-corrected chi connectivity index (χ3v) is 5.13. The monoisotopic (exact) mass is 443 g/mol. The number of esters is 1. The first-order valence-corrected chi connectivity index (χ1v) is 10.4. The van der Waals surface area contributed by atoms with Gasteiger partial charge < -0.3 is 19.5 Å². The van der Waals surface area contributed by atoms with Gasteiger partial charge in [-0.25, -0.2) is 0 Å². The normalized spacial score (nSPS) is 10.7. The van der Waals surface area contributed by atoms with Crippen LogP contribution in [0, 0.1) is 0 Å². The summed E-state index contributed by atoms with van der Waals surface area (Å²) in [4.78, 5) is 27.4. The van der Waals surface area contributed by atoms with E-state index in [0.29, 0.717) is 18.0 Å². The molecule has 3 aromatic rings. The van der Waals surface area contributed by atoms with E-state index in [2.05, 4.69) is 24.1 Å². The van der Waals surface area contributed by atoms with Crippen LogP contribution in [0.5, 0.6) is 5.75 Å². The smallest absolute Gasteiger partial charge is 0.308 e. The van der Waals surface area contributed by atoms with Gasteiger partial charge in [-0.3, -0.25) is 9.59 Å². The average molecular weight is 444 g/mol. The van der Waals surface area contributed by atoms with Gasteiger partial charge >= 0.3 is 5.97 Å². The van der Waals surface area contributed by atoms with Crippen LogP contribution in [-0.2, 0) is 4.79 Å². The molecule has 6 nitrogen and oxygen atoms in total. The van der Waals surface area contributed by atoms with Crippen molar-refractivity contribution in [3.05, 3.63) is 60.3 Å². The fourth-order valence-corrected chi connectivity index (χ4v) is 3.64. The molecular weight excluding hydrogens is 414 g/mol. The topological polar surface area (TPSA) is 63.6 Å². The lowest BCUT2D eigenvalue weighted by Crippen LogP contribution is -2.31. The minimum absolute atomic E-state index is 0. The second-order valence-corrected chi connectivity index (χ2v) is 7.10. The fraction of sp³-hybridized carbons (Fsp3) is 0.333. The third-order valence-electron chi connectivity index (χ3n) is 5.13. The maximum absolute atomic E-state index is 13.3. The van der Waals surface area contributed by atoms with Gasteiger partial charge in [0.15, 0.2) is 11.4 Å². The van der Waals surface area contributed by atoms with Gasteiger partial charge in [-0.05, 0) is 50.3 Å². The Kier molecular flexibility index (Phi) is 9.09. The first-order chi connectivity index (χ1) is 14.6. The number of aromatic nitrogens is 1. The van der Waals surface area contributed by atoms with Crippen LogP contribution in [0.25, 0.3) is 16.6 Å². The molecular formula is C24H30ClN3O3. The Hall–Kier alpha value is -2.83. The lowest BCUT2D eigenvalue weighted by atomic mass is 10.2. The van der Waals surface area contributed by atoms with Crippen LogP contribution in [0.1, 0.15) is 37.7 Å². The summed E-state index contributed by atoms with van der Waals surface area (Å²) in [6.07, 6.45) is 0.849. The number of para-hydroxylation sites is 2. The zero-order valence-electron chi connectivity index (χ0n) is 18.3. The second kappa shape index (κ2) is 11.5. The van der Waals surface area contributed by atoms with Crippen LogP contribution in [0.3, 0.4) is 0 Å². The number of nitrogens with zero attached hydrogens (tertiary/aromatic N) is 2. The van der Waals surface area contributed by atoms with E-state index in [1.807, 2.05) is 59.2 Å². The Bertz CT molecular complexity index is 1010. The van der Waals surface area contributed by atoms with Crippen LogP contribution >= 0.6 is 12.4 Å². The molecule has 0 spiro atoms. The largest absolute Gasteiger partial charge is 0.424 e. The maximum Gasteiger partial charge on any atom is 0.308 e. The maximum atomic E-state index is 13.3. The van der Waals surface area contributed by atoms with Crippen molar-refractivity contribution in [1.29, 1.82) is 0 Å². The number of rotatable bonds is 9. The summed E-state index contributed by atoms with van der Waals surface area (Å²) >= 11 is 0. The van der Waals surface area contributed by atoms with Crippen molar-refractivity contribution in [2.75, 3.05) is 26.2 Å². The molecule has 1 amide bonds. The van der Waals surface area contributed by atoms with Crippen molar-refractivity contribution in [2.24, 2.45) is 0 Å². The number of carbonyl (C=O) groups is 2. The van der Waals surface area contributed by atoms with E-state index >= 15 is 0 Å². The van der Waals surface area contributed by atoms with Crippen molar-refractivity contribution in [3.63, 3.8) is 0 Å². The summed E-state index contributed by atoms with van der Waals surface area (Å²) in [5.41, 5.74) is 1.98. The number of hydrogen-bond acceptors (Lipinski definition) is 4. The lowest BCUT2D eigenvalue weighted by molar-refractivity contribution is -0.131. The van der Waals surface area contributed by atoms with Gasteiger partial charge in [-0.1, -0.05) is 44.2 Å². The van der Waals surface area contributed by atoms with Gasteiger partial charge in [0.2, 0.25) is 0 Å². The van der Waals surface area contributed by atoms with Crippen LogP contribution in [0.15, 0.2) is 54.6 Å². The number of carbonyl (C=O) groups excluding carboxylic acids is 2. The van der Waals surface area contributed by atoms with E-state index in [1.54, 1.807) is 0 Å². The number of nitrogens with one attached hydrogen (secondary N) is 1. The molecule has 0 radical (unpaired) electrons. The van der Waals surface area contributed by atoms with Crippen LogP contribution in [-0.4, -0.2) is 47.5 Å². The van der Waals surface area contributed by atoms with Crippen molar-refractivity contribution in [2.45, 2.75) is 27.2 Å². The number of ether oxygens (including phenoxy) is 1. The molecule has 166 valence electrons. The highest BCUT2D eigenvalue weighted by Gasteiger charge is 2.26. The molecule has 1 heterocycles. The van der Waals surface area contributed by atoms with E-state index in [4.69, 9.17) is 4.74 Å². The zero-order valence-corrected chi connectivity index (χ0v) is 19.1. The second-order valence-electron chi connectivity index (χ2n) is 7.10. The van der Waals surface area contributed by atoms with Crippen LogP contribution in [0.4, 0.5) is 0 Å². The number of hydrogen-bond donors (Lipinski definition) is 1. The Morgan fingerprint density at radius 2 is 1.65 bits per heavy atom. The molecule has 0 aliphatic carbocycles. The van der Waals surface area contributed by atoms with Crippen LogP contribution < -0.4 is 10.1 Å². The standard InChI is InChI=1S/C24H29N3O3.ClH/c1-4-26(5-2)17-11-16-25-24(29)22-23(30-18(3)28)20-14-9-10-15-21(20)27(22)19-12-7-6-8-13-19;/h6-10,12-15H,4-5,11,16-17H2,1-3H3,(H,25,29);1H. The molecule has 0 aliphatic heterocycles. The molecule has 2 aromatic carbocycles. The highest BCUT2D eigenvalue weighted by molar-refractivity contribution is 6.06. The fourth-order valence-electron chi connectivity index (χ4n) is 3.64. The quantitative estimate of drug-likeness (QED) is 0.392. The third kappa shape index (κ3) is 5.66. The highest BCUT2D eigenvalue weighted by atomic mass is 35.5.